The first kappa shape index (κ1) is 14.8. The molecule has 102 valence electrons. The molecule has 1 aromatic carbocycles. The van der Waals surface area contributed by atoms with Crippen molar-refractivity contribution in [1.82, 2.24) is 0 Å². The summed E-state index contributed by atoms with van der Waals surface area (Å²) in [6.45, 7) is 3.80. The van der Waals surface area contributed by atoms with Gasteiger partial charge in [0.1, 0.15) is 0 Å². The van der Waals surface area contributed by atoms with Crippen molar-refractivity contribution in [3.63, 3.8) is 0 Å². The van der Waals surface area contributed by atoms with Crippen LogP contribution in [0.2, 0.25) is 0 Å². The zero-order valence-electron chi connectivity index (χ0n) is 11.2. The lowest BCUT2D eigenvalue weighted by Gasteiger charge is -2.11. The second-order valence-electron chi connectivity index (χ2n) is 4.28. The molecule has 0 aliphatic rings. The number of para-hydroxylation sites is 2. The summed E-state index contributed by atoms with van der Waals surface area (Å²) in [5.41, 5.74) is 0. The quantitative estimate of drug-likeness (QED) is 0.649. The Morgan fingerprint density at radius 2 is 1.50 bits per heavy atom. The number of aliphatic hydroxyl groups is 1. The Kier molecular flexibility index (Phi) is 8.06. The molecule has 18 heavy (non-hydrogen) atoms. The molecule has 0 unspecified atom stereocenters. The van der Waals surface area contributed by atoms with E-state index in [4.69, 9.17) is 14.6 Å². The largest absolute Gasteiger partial charge is 0.490 e. The maximum Gasteiger partial charge on any atom is 0.161 e. The van der Waals surface area contributed by atoms with Gasteiger partial charge in [-0.1, -0.05) is 25.5 Å². The molecule has 0 aromatic heterocycles. The van der Waals surface area contributed by atoms with Gasteiger partial charge in [0.2, 0.25) is 0 Å². The standard InChI is InChI=1S/C15H24O3/c1-2-12-17-14-9-5-6-10-15(14)18-13-8-4-3-7-11-16/h5-6,9-10,16H,2-4,7-8,11-13H2,1H3. The Balaban J connectivity index is 2.27. The van der Waals surface area contributed by atoms with Crippen molar-refractivity contribution >= 4 is 0 Å². The zero-order valence-corrected chi connectivity index (χ0v) is 11.2. The van der Waals surface area contributed by atoms with Crippen LogP contribution >= 0.6 is 0 Å². The Morgan fingerprint density at radius 1 is 0.889 bits per heavy atom. The van der Waals surface area contributed by atoms with Crippen molar-refractivity contribution < 1.29 is 14.6 Å². The number of hydrogen-bond acceptors (Lipinski definition) is 3. The maximum atomic E-state index is 8.67. The molecule has 3 nitrogen and oxygen atoms in total. The normalized spacial score (nSPS) is 10.3. The third-order valence-corrected chi connectivity index (χ3v) is 2.62. The monoisotopic (exact) mass is 252 g/mol. The topological polar surface area (TPSA) is 38.7 Å². The van der Waals surface area contributed by atoms with E-state index in [0.717, 1.165) is 50.2 Å². The third kappa shape index (κ3) is 5.92. The van der Waals surface area contributed by atoms with Gasteiger partial charge in [0.25, 0.3) is 0 Å². The third-order valence-electron chi connectivity index (χ3n) is 2.62. The minimum atomic E-state index is 0.286. The first-order valence-corrected chi connectivity index (χ1v) is 6.84. The summed E-state index contributed by atoms with van der Waals surface area (Å²) in [4.78, 5) is 0. The second-order valence-corrected chi connectivity index (χ2v) is 4.28. The zero-order chi connectivity index (χ0) is 13.1. The highest BCUT2D eigenvalue weighted by molar-refractivity contribution is 5.39. The van der Waals surface area contributed by atoms with Gasteiger partial charge in [-0.15, -0.1) is 0 Å². The van der Waals surface area contributed by atoms with E-state index in [1.54, 1.807) is 0 Å². The van der Waals surface area contributed by atoms with E-state index >= 15 is 0 Å². The molecule has 0 aliphatic heterocycles. The number of rotatable bonds is 10. The molecule has 1 aromatic rings. The predicted octanol–water partition coefficient (Wildman–Crippen LogP) is 3.41. The molecule has 0 spiro atoms. The van der Waals surface area contributed by atoms with Gasteiger partial charge in [-0.05, 0) is 37.8 Å². The molecular weight excluding hydrogens is 228 g/mol. The SMILES string of the molecule is CCCOc1ccccc1OCCCCCCO. The summed E-state index contributed by atoms with van der Waals surface area (Å²) in [6.07, 6.45) is 5.06. The molecule has 0 fully saturated rings. The van der Waals surface area contributed by atoms with Gasteiger partial charge in [0, 0.05) is 6.61 Å². The van der Waals surface area contributed by atoms with E-state index in [9.17, 15) is 0 Å². The highest BCUT2D eigenvalue weighted by Gasteiger charge is 2.03. The first-order valence-electron chi connectivity index (χ1n) is 6.84. The van der Waals surface area contributed by atoms with Gasteiger partial charge in [-0.3, -0.25) is 0 Å². The lowest BCUT2D eigenvalue weighted by molar-refractivity contribution is 0.257. The van der Waals surface area contributed by atoms with Crippen molar-refractivity contribution in [2.45, 2.75) is 39.0 Å². The highest BCUT2D eigenvalue weighted by Crippen LogP contribution is 2.26. The maximum absolute atomic E-state index is 8.67. The Hall–Kier alpha value is -1.22. The van der Waals surface area contributed by atoms with Crippen molar-refractivity contribution in [3.05, 3.63) is 24.3 Å². The average Bonchev–Trinajstić information content (AvgIpc) is 2.41. The van der Waals surface area contributed by atoms with Crippen LogP contribution in [0.4, 0.5) is 0 Å². The van der Waals surface area contributed by atoms with E-state index in [1.807, 2.05) is 24.3 Å². The number of hydrogen-bond donors (Lipinski definition) is 1. The summed E-state index contributed by atoms with van der Waals surface area (Å²) in [5.74, 6) is 1.66. The molecule has 0 bridgehead atoms. The van der Waals surface area contributed by atoms with Crippen LogP contribution in [0.1, 0.15) is 39.0 Å². The molecule has 0 amide bonds. The van der Waals surface area contributed by atoms with E-state index < -0.39 is 0 Å². The summed E-state index contributed by atoms with van der Waals surface area (Å²) >= 11 is 0. The number of ether oxygens (including phenoxy) is 2. The Bertz CT molecular complexity index is 312. The van der Waals surface area contributed by atoms with E-state index in [0.29, 0.717) is 6.61 Å². The number of aliphatic hydroxyl groups excluding tert-OH is 1. The van der Waals surface area contributed by atoms with E-state index in [2.05, 4.69) is 6.92 Å². The summed E-state index contributed by atoms with van der Waals surface area (Å²) in [7, 11) is 0. The van der Waals surface area contributed by atoms with Crippen LogP contribution in [-0.4, -0.2) is 24.9 Å². The lowest BCUT2D eigenvalue weighted by atomic mass is 10.2. The number of unbranched alkanes of at least 4 members (excludes halogenated alkanes) is 3. The average molecular weight is 252 g/mol. The molecule has 0 saturated carbocycles. The smallest absolute Gasteiger partial charge is 0.161 e. The molecule has 0 atom stereocenters. The fourth-order valence-corrected chi connectivity index (χ4v) is 1.65. The van der Waals surface area contributed by atoms with Crippen molar-refractivity contribution in [2.24, 2.45) is 0 Å². The van der Waals surface area contributed by atoms with Crippen LogP contribution in [0.3, 0.4) is 0 Å². The van der Waals surface area contributed by atoms with Crippen LogP contribution in [0.15, 0.2) is 24.3 Å². The van der Waals surface area contributed by atoms with Gasteiger partial charge < -0.3 is 14.6 Å². The van der Waals surface area contributed by atoms with Gasteiger partial charge in [0.15, 0.2) is 11.5 Å². The van der Waals surface area contributed by atoms with Crippen molar-refractivity contribution in [2.75, 3.05) is 19.8 Å². The fraction of sp³-hybridized carbons (Fsp3) is 0.600. The summed E-state index contributed by atoms with van der Waals surface area (Å²) < 4.78 is 11.4. The van der Waals surface area contributed by atoms with Crippen molar-refractivity contribution in [3.8, 4) is 11.5 Å². The van der Waals surface area contributed by atoms with Gasteiger partial charge in [-0.2, -0.15) is 0 Å². The fourth-order valence-electron chi connectivity index (χ4n) is 1.65. The minimum absolute atomic E-state index is 0.286. The van der Waals surface area contributed by atoms with Gasteiger partial charge in [0.05, 0.1) is 13.2 Å². The van der Waals surface area contributed by atoms with Crippen LogP contribution in [0.25, 0.3) is 0 Å². The van der Waals surface area contributed by atoms with Crippen LogP contribution in [0, 0.1) is 0 Å². The lowest BCUT2D eigenvalue weighted by Crippen LogP contribution is -2.01. The molecule has 0 saturated heterocycles. The Labute approximate surface area is 110 Å². The van der Waals surface area contributed by atoms with Crippen LogP contribution in [0.5, 0.6) is 11.5 Å². The molecule has 1 rings (SSSR count). The van der Waals surface area contributed by atoms with Gasteiger partial charge in [-0.25, -0.2) is 0 Å². The molecule has 0 radical (unpaired) electrons. The molecule has 3 heteroatoms. The van der Waals surface area contributed by atoms with Gasteiger partial charge >= 0.3 is 0 Å². The number of benzene rings is 1. The minimum Gasteiger partial charge on any atom is -0.490 e. The second kappa shape index (κ2) is 9.77. The molecule has 1 N–H and O–H groups in total. The van der Waals surface area contributed by atoms with Crippen molar-refractivity contribution in [1.29, 1.82) is 0 Å². The molecule has 0 aliphatic carbocycles. The highest BCUT2D eigenvalue weighted by atomic mass is 16.5. The predicted molar refractivity (Wildman–Crippen MR) is 73.3 cm³/mol. The summed E-state index contributed by atoms with van der Waals surface area (Å²) in [6, 6.07) is 7.80. The van der Waals surface area contributed by atoms with E-state index in [1.165, 1.54) is 0 Å². The Morgan fingerprint density at radius 3 is 2.11 bits per heavy atom. The van der Waals surface area contributed by atoms with Crippen LogP contribution < -0.4 is 9.47 Å². The summed E-state index contributed by atoms with van der Waals surface area (Å²) in [5, 5.41) is 8.67. The molecule has 0 heterocycles. The van der Waals surface area contributed by atoms with E-state index in [-0.39, 0.29) is 6.61 Å². The molecular formula is C15H24O3. The van der Waals surface area contributed by atoms with Crippen LogP contribution in [-0.2, 0) is 0 Å². The first-order chi connectivity index (χ1) is 8.88.